The van der Waals surface area contributed by atoms with E-state index in [0.29, 0.717) is 13.0 Å². The molecule has 1 aliphatic heterocycles. The van der Waals surface area contributed by atoms with Crippen LogP contribution in [-0.2, 0) is 15.8 Å². The molecule has 0 saturated carbocycles. The summed E-state index contributed by atoms with van der Waals surface area (Å²) in [6.07, 6.45) is 3.25. The molecule has 1 fully saturated rings. The largest absolute Gasteiger partial charge is 0.396 e. The van der Waals surface area contributed by atoms with E-state index in [4.69, 9.17) is 5.11 Å². The Morgan fingerprint density at radius 2 is 2.00 bits per heavy atom. The summed E-state index contributed by atoms with van der Waals surface area (Å²) in [4.78, 5) is 0. The van der Waals surface area contributed by atoms with Crippen molar-refractivity contribution >= 4 is 10.0 Å². The lowest BCUT2D eigenvalue weighted by Crippen LogP contribution is -2.36. The van der Waals surface area contributed by atoms with Crippen LogP contribution >= 0.6 is 0 Å². The fourth-order valence-electron chi connectivity index (χ4n) is 2.66. The Hall–Kier alpha value is -0.910. The summed E-state index contributed by atoms with van der Waals surface area (Å²) >= 11 is 0. The van der Waals surface area contributed by atoms with E-state index in [9.17, 15) is 8.42 Å². The normalized spacial score (nSPS) is 20.8. The molecule has 19 heavy (non-hydrogen) atoms. The second-order valence-electron chi connectivity index (χ2n) is 5.01. The number of nitrogens with zero attached hydrogens (tertiary/aromatic N) is 1. The number of rotatable bonds is 6. The van der Waals surface area contributed by atoms with Gasteiger partial charge in [-0.1, -0.05) is 30.3 Å². The number of hydrogen-bond acceptors (Lipinski definition) is 3. The van der Waals surface area contributed by atoms with Crippen molar-refractivity contribution in [3.05, 3.63) is 35.9 Å². The van der Waals surface area contributed by atoms with Gasteiger partial charge in [-0.3, -0.25) is 0 Å². The highest BCUT2D eigenvalue weighted by atomic mass is 32.2. The molecule has 1 heterocycles. The summed E-state index contributed by atoms with van der Waals surface area (Å²) in [6, 6.07) is 9.36. The van der Waals surface area contributed by atoms with Gasteiger partial charge in [-0.15, -0.1) is 0 Å². The van der Waals surface area contributed by atoms with Crippen LogP contribution in [0, 0.1) is 0 Å². The first-order chi connectivity index (χ1) is 9.13. The van der Waals surface area contributed by atoms with Crippen molar-refractivity contribution in [3.8, 4) is 0 Å². The lowest BCUT2D eigenvalue weighted by Gasteiger charge is -2.24. The van der Waals surface area contributed by atoms with Gasteiger partial charge in [0.05, 0.1) is 5.75 Å². The third-order valence-corrected chi connectivity index (χ3v) is 5.46. The molecule has 2 rings (SSSR count). The Morgan fingerprint density at radius 1 is 1.26 bits per heavy atom. The van der Waals surface area contributed by atoms with Crippen molar-refractivity contribution in [2.45, 2.75) is 37.5 Å². The molecule has 1 saturated heterocycles. The van der Waals surface area contributed by atoms with Gasteiger partial charge in [0.15, 0.2) is 0 Å². The standard InChI is InChI=1S/C14H21NO3S/c16-11-5-9-14-8-4-10-15(14)19(17,18)12-13-6-2-1-3-7-13/h1-3,6-7,14,16H,4-5,8-12H2. The van der Waals surface area contributed by atoms with Crippen LogP contribution in [0.2, 0.25) is 0 Å². The predicted octanol–water partition coefficient (Wildman–Crippen LogP) is 1.75. The SMILES string of the molecule is O=S(=O)(Cc1ccccc1)N1CCCC1CCCO. The summed E-state index contributed by atoms with van der Waals surface area (Å²) in [5, 5.41) is 8.88. The topological polar surface area (TPSA) is 57.6 Å². The number of aliphatic hydroxyl groups is 1. The van der Waals surface area contributed by atoms with Gasteiger partial charge in [0.1, 0.15) is 0 Å². The minimum absolute atomic E-state index is 0.0702. The van der Waals surface area contributed by atoms with Gasteiger partial charge < -0.3 is 5.11 Å². The molecule has 5 heteroatoms. The van der Waals surface area contributed by atoms with E-state index in [1.807, 2.05) is 30.3 Å². The van der Waals surface area contributed by atoms with Gasteiger partial charge in [0.25, 0.3) is 0 Å². The van der Waals surface area contributed by atoms with Crippen molar-refractivity contribution in [2.75, 3.05) is 13.2 Å². The Bertz CT molecular complexity index is 487. The lowest BCUT2D eigenvalue weighted by atomic mass is 10.1. The average Bonchev–Trinajstić information content (AvgIpc) is 2.86. The molecule has 1 aromatic carbocycles. The highest BCUT2D eigenvalue weighted by Crippen LogP contribution is 2.26. The molecule has 1 atom stereocenters. The highest BCUT2D eigenvalue weighted by Gasteiger charge is 2.33. The first kappa shape index (κ1) is 14.5. The number of aliphatic hydroxyl groups excluding tert-OH is 1. The van der Waals surface area contributed by atoms with Crippen LogP contribution < -0.4 is 0 Å². The summed E-state index contributed by atoms with van der Waals surface area (Å²) in [6.45, 7) is 0.744. The van der Waals surface area contributed by atoms with E-state index in [1.54, 1.807) is 4.31 Å². The summed E-state index contributed by atoms with van der Waals surface area (Å²) < 4.78 is 26.5. The maximum absolute atomic E-state index is 12.4. The quantitative estimate of drug-likeness (QED) is 0.865. The van der Waals surface area contributed by atoms with Gasteiger partial charge in [0, 0.05) is 19.2 Å². The van der Waals surface area contributed by atoms with Crippen LogP contribution in [0.1, 0.15) is 31.2 Å². The van der Waals surface area contributed by atoms with Crippen LogP contribution in [-0.4, -0.2) is 37.0 Å². The molecule has 0 aliphatic carbocycles. The molecule has 0 amide bonds. The van der Waals surface area contributed by atoms with Gasteiger partial charge >= 0.3 is 0 Å². The molecule has 0 spiro atoms. The molecule has 0 bridgehead atoms. The zero-order valence-corrected chi connectivity index (χ0v) is 11.8. The number of hydrogen-bond donors (Lipinski definition) is 1. The monoisotopic (exact) mass is 283 g/mol. The molecule has 0 aromatic heterocycles. The first-order valence-electron chi connectivity index (χ1n) is 6.78. The van der Waals surface area contributed by atoms with E-state index in [0.717, 1.165) is 24.8 Å². The van der Waals surface area contributed by atoms with E-state index in [2.05, 4.69) is 0 Å². The fraction of sp³-hybridized carbons (Fsp3) is 0.571. The Kier molecular flexibility index (Phi) is 4.96. The maximum atomic E-state index is 12.4. The zero-order chi connectivity index (χ0) is 13.7. The zero-order valence-electron chi connectivity index (χ0n) is 11.0. The van der Waals surface area contributed by atoms with Crippen LogP contribution in [0.5, 0.6) is 0 Å². The van der Waals surface area contributed by atoms with Crippen LogP contribution in [0.25, 0.3) is 0 Å². The van der Waals surface area contributed by atoms with Crippen molar-refractivity contribution < 1.29 is 13.5 Å². The average molecular weight is 283 g/mol. The van der Waals surface area contributed by atoms with E-state index in [-0.39, 0.29) is 18.4 Å². The summed E-state index contributed by atoms with van der Waals surface area (Å²) in [5.41, 5.74) is 0.829. The molecule has 1 unspecified atom stereocenters. The third kappa shape index (κ3) is 3.78. The van der Waals surface area contributed by atoms with E-state index in [1.165, 1.54) is 0 Å². The molecule has 0 radical (unpaired) electrons. The molecular weight excluding hydrogens is 262 g/mol. The second-order valence-corrected chi connectivity index (χ2v) is 6.94. The third-order valence-electron chi connectivity index (χ3n) is 3.57. The smallest absolute Gasteiger partial charge is 0.218 e. The molecule has 4 nitrogen and oxygen atoms in total. The van der Waals surface area contributed by atoms with Crippen LogP contribution in [0.3, 0.4) is 0 Å². The van der Waals surface area contributed by atoms with Gasteiger partial charge in [-0.05, 0) is 31.2 Å². The molecular formula is C14H21NO3S. The Morgan fingerprint density at radius 3 is 2.68 bits per heavy atom. The van der Waals surface area contributed by atoms with E-state index < -0.39 is 10.0 Å². The van der Waals surface area contributed by atoms with Crippen LogP contribution in [0.15, 0.2) is 30.3 Å². The second kappa shape index (κ2) is 6.50. The lowest BCUT2D eigenvalue weighted by molar-refractivity contribution is 0.264. The van der Waals surface area contributed by atoms with E-state index >= 15 is 0 Å². The minimum atomic E-state index is -3.24. The van der Waals surface area contributed by atoms with Crippen molar-refractivity contribution in [3.63, 3.8) is 0 Å². The van der Waals surface area contributed by atoms with Crippen molar-refractivity contribution in [2.24, 2.45) is 0 Å². The maximum Gasteiger partial charge on any atom is 0.218 e. The molecule has 1 N–H and O–H groups in total. The van der Waals surface area contributed by atoms with Crippen molar-refractivity contribution in [1.82, 2.24) is 4.31 Å². The molecule has 1 aromatic rings. The fourth-order valence-corrected chi connectivity index (χ4v) is 4.51. The van der Waals surface area contributed by atoms with Crippen molar-refractivity contribution in [1.29, 1.82) is 0 Å². The number of sulfonamides is 1. The van der Waals surface area contributed by atoms with Crippen LogP contribution in [0.4, 0.5) is 0 Å². The van der Waals surface area contributed by atoms with Gasteiger partial charge in [-0.25, -0.2) is 8.42 Å². The molecule has 106 valence electrons. The molecule has 1 aliphatic rings. The number of benzene rings is 1. The Balaban J connectivity index is 2.06. The van der Waals surface area contributed by atoms with Gasteiger partial charge in [-0.2, -0.15) is 4.31 Å². The Labute approximate surface area is 115 Å². The highest BCUT2D eigenvalue weighted by molar-refractivity contribution is 7.88. The first-order valence-corrected chi connectivity index (χ1v) is 8.39. The summed E-state index contributed by atoms with van der Waals surface area (Å²) in [7, 11) is -3.24. The minimum Gasteiger partial charge on any atom is -0.396 e. The van der Waals surface area contributed by atoms with Gasteiger partial charge in [0.2, 0.25) is 10.0 Å². The predicted molar refractivity (Wildman–Crippen MR) is 75.1 cm³/mol. The summed E-state index contributed by atoms with van der Waals surface area (Å²) in [5.74, 6) is 0.0729.